The Morgan fingerprint density at radius 1 is 0.850 bits per heavy atom. The fourth-order valence-electron chi connectivity index (χ4n) is 2.84. The highest BCUT2D eigenvalue weighted by molar-refractivity contribution is 6.54. The number of likely N-dealkylation sites (tertiary alicyclic amines) is 1. The molecule has 0 unspecified atom stereocenters. The van der Waals surface area contributed by atoms with E-state index in [0.29, 0.717) is 0 Å². The van der Waals surface area contributed by atoms with Crippen molar-refractivity contribution < 1.29 is 4.79 Å². The molecule has 2 nitrogen and oxygen atoms in total. The van der Waals surface area contributed by atoms with Gasteiger partial charge in [-0.2, -0.15) is 0 Å². The van der Waals surface area contributed by atoms with Gasteiger partial charge in [-0.15, -0.1) is 0 Å². The Morgan fingerprint density at radius 3 is 1.60 bits per heavy atom. The molecule has 1 aliphatic heterocycles. The lowest BCUT2D eigenvalue weighted by molar-refractivity contribution is -0.152. The lowest BCUT2D eigenvalue weighted by Crippen LogP contribution is -2.74. The van der Waals surface area contributed by atoms with E-state index >= 15 is 0 Å². The summed E-state index contributed by atoms with van der Waals surface area (Å²) in [5, 5.41) is 0. The van der Waals surface area contributed by atoms with E-state index in [4.69, 9.17) is 23.2 Å². The summed E-state index contributed by atoms with van der Waals surface area (Å²) >= 11 is 13.0. The summed E-state index contributed by atoms with van der Waals surface area (Å²) in [5.41, 5.74) is 0.562. The molecule has 0 saturated carbocycles. The van der Waals surface area contributed by atoms with Crippen LogP contribution in [-0.2, 0) is 10.2 Å². The standard InChI is InChI=1S/C16H13Cl2NO/c1-19-14(20)15(16(19,17)18,12-8-4-2-5-9-12)13-10-6-3-7-11-13/h2-11H,1H3. The number of hydrogen-bond donors (Lipinski definition) is 0. The van der Waals surface area contributed by atoms with Gasteiger partial charge in [0.05, 0.1) is 0 Å². The minimum absolute atomic E-state index is 0.0973. The molecule has 0 atom stereocenters. The van der Waals surface area contributed by atoms with Gasteiger partial charge in [0.2, 0.25) is 10.4 Å². The molecule has 1 saturated heterocycles. The Bertz CT molecular complexity index is 601. The maximum Gasteiger partial charge on any atom is 0.244 e. The monoisotopic (exact) mass is 305 g/mol. The van der Waals surface area contributed by atoms with Gasteiger partial charge in [-0.25, -0.2) is 0 Å². The Balaban J connectivity index is 2.28. The van der Waals surface area contributed by atoms with E-state index in [1.165, 1.54) is 4.90 Å². The third kappa shape index (κ3) is 1.49. The van der Waals surface area contributed by atoms with Crippen LogP contribution < -0.4 is 0 Å². The zero-order valence-corrected chi connectivity index (χ0v) is 12.4. The molecule has 0 aromatic heterocycles. The molecule has 102 valence electrons. The smallest absolute Gasteiger partial charge is 0.244 e. The van der Waals surface area contributed by atoms with Gasteiger partial charge in [0, 0.05) is 7.05 Å². The van der Waals surface area contributed by atoms with Crippen LogP contribution in [0.15, 0.2) is 60.7 Å². The molecule has 1 amide bonds. The van der Waals surface area contributed by atoms with Gasteiger partial charge < -0.3 is 4.90 Å². The zero-order chi connectivity index (χ0) is 14.4. The number of benzene rings is 2. The largest absolute Gasteiger partial charge is 0.311 e. The summed E-state index contributed by atoms with van der Waals surface area (Å²) in [6.07, 6.45) is 0. The van der Waals surface area contributed by atoms with Crippen LogP contribution in [0.2, 0.25) is 0 Å². The fraction of sp³-hybridized carbons (Fsp3) is 0.188. The Morgan fingerprint density at radius 2 is 1.25 bits per heavy atom. The van der Waals surface area contributed by atoms with Crippen LogP contribution in [0.1, 0.15) is 11.1 Å². The number of nitrogens with zero attached hydrogens (tertiary/aromatic N) is 1. The fourth-order valence-corrected chi connectivity index (χ4v) is 3.60. The number of halogens is 2. The van der Waals surface area contributed by atoms with Crippen molar-refractivity contribution in [2.75, 3.05) is 7.05 Å². The Labute approximate surface area is 127 Å². The summed E-state index contributed by atoms with van der Waals surface area (Å²) in [6.45, 7) is 0. The normalized spacial score (nSPS) is 19.6. The van der Waals surface area contributed by atoms with E-state index < -0.39 is 9.87 Å². The van der Waals surface area contributed by atoms with E-state index in [1.54, 1.807) is 7.05 Å². The molecule has 1 heterocycles. The van der Waals surface area contributed by atoms with Crippen LogP contribution >= 0.6 is 23.2 Å². The number of carbonyl (C=O) groups is 1. The van der Waals surface area contributed by atoms with E-state index in [1.807, 2.05) is 60.7 Å². The molecule has 4 heteroatoms. The van der Waals surface area contributed by atoms with Gasteiger partial charge in [0.15, 0.2) is 5.41 Å². The molecule has 0 spiro atoms. The van der Waals surface area contributed by atoms with E-state index in [0.717, 1.165) is 11.1 Å². The maximum atomic E-state index is 12.7. The van der Waals surface area contributed by atoms with Crippen LogP contribution in [0.4, 0.5) is 0 Å². The quantitative estimate of drug-likeness (QED) is 0.472. The van der Waals surface area contributed by atoms with Gasteiger partial charge in [-0.3, -0.25) is 4.79 Å². The molecule has 0 radical (unpaired) electrons. The number of likely N-dealkylation sites (N-methyl/N-ethyl adjacent to an activating group) is 1. The van der Waals surface area contributed by atoms with Crippen LogP contribution in [0.5, 0.6) is 0 Å². The van der Waals surface area contributed by atoms with Crippen molar-refractivity contribution in [2.24, 2.45) is 0 Å². The number of carbonyl (C=O) groups excluding carboxylic acids is 1. The number of amides is 1. The van der Waals surface area contributed by atoms with Gasteiger partial charge in [-0.1, -0.05) is 83.9 Å². The first kappa shape index (κ1) is 13.5. The first-order valence-corrected chi connectivity index (χ1v) is 7.05. The SMILES string of the molecule is CN1C(=O)C(c2ccccc2)(c2ccccc2)C1(Cl)Cl. The van der Waals surface area contributed by atoms with Crippen LogP contribution in [0.25, 0.3) is 0 Å². The van der Waals surface area contributed by atoms with Crippen LogP contribution in [-0.4, -0.2) is 22.3 Å². The topological polar surface area (TPSA) is 20.3 Å². The van der Waals surface area contributed by atoms with E-state index in [9.17, 15) is 4.79 Å². The average Bonchev–Trinajstić information content (AvgIpc) is 2.49. The summed E-state index contributed by atoms with van der Waals surface area (Å²) in [5.74, 6) is -0.0973. The van der Waals surface area contributed by atoms with Crippen LogP contribution in [0, 0.1) is 0 Å². The highest BCUT2D eigenvalue weighted by Gasteiger charge is 2.70. The molecular formula is C16H13Cl2NO. The predicted molar refractivity (Wildman–Crippen MR) is 80.9 cm³/mol. The second-order valence-corrected chi connectivity index (χ2v) is 6.17. The van der Waals surface area contributed by atoms with Gasteiger partial charge in [-0.05, 0) is 11.1 Å². The molecule has 0 bridgehead atoms. The minimum Gasteiger partial charge on any atom is -0.311 e. The van der Waals surface area contributed by atoms with Crippen molar-refractivity contribution in [1.29, 1.82) is 0 Å². The van der Waals surface area contributed by atoms with E-state index in [-0.39, 0.29) is 5.91 Å². The third-order valence-electron chi connectivity index (χ3n) is 3.91. The summed E-state index contributed by atoms with van der Waals surface area (Å²) in [7, 11) is 1.62. The number of alkyl halides is 2. The highest BCUT2D eigenvalue weighted by Crippen LogP contribution is 2.58. The summed E-state index contributed by atoms with van der Waals surface area (Å²) in [6, 6.07) is 18.9. The average molecular weight is 306 g/mol. The molecule has 0 N–H and O–H groups in total. The molecule has 1 aliphatic rings. The molecular weight excluding hydrogens is 293 g/mol. The van der Waals surface area contributed by atoms with Gasteiger partial charge in [0.25, 0.3) is 0 Å². The molecule has 1 fully saturated rings. The van der Waals surface area contributed by atoms with Crippen molar-refractivity contribution in [1.82, 2.24) is 4.90 Å². The van der Waals surface area contributed by atoms with Crippen molar-refractivity contribution in [3.8, 4) is 0 Å². The molecule has 3 rings (SSSR count). The summed E-state index contributed by atoms with van der Waals surface area (Å²) < 4.78 is -1.30. The van der Waals surface area contributed by atoms with Crippen molar-refractivity contribution in [3.05, 3.63) is 71.8 Å². The highest BCUT2D eigenvalue weighted by atomic mass is 35.5. The van der Waals surface area contributed by atoms with Gasteiger partial charge >= 0.3 is 0 Å². The number of rotatable bonds is 2. The Hall–Kier alpha value is -1.51. The van der Waals surface area contributed by atoms with E-state index in [2.05, 4.69) is 0 Å². The maximum absolute atomic E-state index is 12.7. The zero-order valence-electron chi connectivity index (χ0n) is 10.9. The first-order valence-electron chi connectivity index (χ1n) is 6.30. The van der Waals surface area contributed by atoms with Gasteiger partial charge in [0.1, 0.15) is 0 Å². The van der Waals surface area contributed by atoms with Crippen molar-refractivity contribution in [3.63, 3.8) is 0 Å². The first-order chi connectivity index (χ1) is 9.53. The Kier molecular flexibility index (Phi) is 3.03. The van der Waals surface area contributed by atoms with Crippen molar-refractivity contribution >= 4 is 29.1 Å². The molecule has 20 heavy (non-hydrogen) atoms. The second kappa shape index (κ2) is 4.51. The molecule has 2 aromatic rings. The molecule has 0 aliphatic carbocycles. The third-order valence-corrected chi connectivity index (χ3v) is 4.99. The van der Waals surface area contributed by atoms with Crippen LogP contribution in [0.3, 0.4) is 0 Å². The summed E-state index contributed by atoms with van der Waals surface area (Å²) in [4.78, 5) is 14.0. The second-order valence-electron chi connectivity index (χ2n) is 4.89. The number of hydrogen-bond acceptors (Lipinski definition) is 1. The lowest BCUT2D eigenvalue weighted by Gasteiger charge is -2.57. The lowest BCUT2D eigenvalue weighted by atomic mass is 9.67. The minimum atomic E-state index is -1.30. The van der Waals surface area contributed by atoms with Crippen molar-refractivity contribution in [2.45, 2.75) is 9.87 Å². The predicted octanol–water partition coefficient (Wildman–Crippen LogP) is 3.58. The number of β-lactam (4-membered cyclic amide) rings is 1. The molecule has 2 aromatic carbocycles.